The van der Waals surface area contributed by atoms with Crippen molar-refractivity contribution in [2.24, 2.45) is 10.7 Å². The molecule has 0 aromatic heterocycles. The SMILES string of the molecule is CCCC(CC)N=C=C(N)CCN(C)C. The lowest BCUT2D eigenvalue weighted by Crippen LogP contribution is -2.16. The van der Waals surface area contributed by atoms with Crippen molar-refractivity contribution in [3.63, 3.8) is 0 Å². The molecule has 1 unspecified atom stereocenters. The van der Waals surface area contributed by atoms with E-state index in [-0.39, 0.29) is 0 Å². The summed E-state index contributed by atoms with van der Waals surface area (Å²) in [6.07, 6.45) is 4.21. The smallest absolute Gasteiger partial charge is 0.0717 e. The molecule has 0 saturated carbocycles. The minimum atomic E-state index is 0.396. The van der Waals surface area contributed by atoms with E-state index >= 15 is 0 Å². The van der Waals surface area contributed by atoms with Crippen molar-refractivity contribution < 1.29 is 0 Å². The van der Waals surface area contributed by atoms with Crippen LogP contribution >= 0.6 is 0 Å². The van der Waals surface area contributed by atoms with Gasteiger partial charge in [-0.1, -0.05) is 20.3 Å². The Morgan fingerprint density at radius 1 is 1.40 bits per heavy atom. The van der Waals surface area contributed by atoms with Crippen molar-refractivity contribution in [3.8, 4) is 0 Å². The molecule has 3 nitrogen and oxygen atoms in total. The zero-order chi connectivity index (χ0) is 11.7. The van der Waals surface area contributed by atoms with Crippen LogP contribution in [0.15, 0.2) is 10.7 Å². The Kier molecular flexibility index (Phi) is 8.06. The molecule has 0 heterocycles. The first-order chi connectivity index (χ1) is 7.10. The summed E-state index contributed by atoms with van der Waals surface area (Å²) in [5.41, 5.74) is 6.57. The molecule has 0 fully saturated rings. The highest BCUT2D eigenvalue weighted by atomic mass is 15.0. The van der Waals surface area contributed by atoms with Crippen molar-refractivity contribution in [1.29, 1.82) is 0 Å². The van der Waals surface area contributed by atoms with E-state index in [0.29, 0.717) is 6.04 Å². The Morgan fingerprint density at radius 3 is 2.53 bits per heavy atom. The molecular weight excluding hydrogens is 186 g/mol. The van der Waals surface area contributed by atoms with Gasteiger partial charge in [0.15, 0.2) is 0 Å². The van der Waals surface area contributed by atoms with E-state index in [1.807, 2.05) is 14.1 Å². The Balaban J connectivity index is 4.11. The molecule has 0 aromatic rings. The van der Waals surface area contributed by atoms with Crippen molar-refractivity contribution in [1.82, 2.24) is 4.90 Å². The Hall–Kier alpha value is -0.790. The largest absolute Gasteiger partial charge is 0.394 e. The summed E-state index contributed by atoms with van der Waals surface area (Å²) >= 11 is 0. The minimum Gasteiger partial charge on any atom is -0.394 e. The first-order valence-electron chi connectivity index (χ1n) is 5.82. The van der Waals surface area contributed by atoms with Crippen LogP contribution in [0.1, 0.15) is 39.5 Å². The molecule has 2 N–H and O–H groups in total. The first-order valence-corrected chi connectivity index (χ1v) is 5.82. The summed E-state index contributed by atoms with van der Waals surface area (Å²) in [4.78, 5) is 6.49. The van der Waals surface area contributed by atoms with Gasteiger partial charge in [0.25, 0.3) is 0 Å². The summed E-state index contributed by atoms with van der Waals surface area (Å²) in [6, 6.07) is 0.396. The predicted octanol–water partition coefficient (Wildman–Crippen LogP) is 2.03. The molecule has 15 heavy (non-hydrogen) atoms. The maximum absolute atomic E-state index is 5.81. The van der Waals surface area contributed by atoms with Crippen molar-refractivity contribution >= 4 is 5.87 Å². The third-order valence-corrected chi connectivity index (χ3v) is 2.31. The lowest BCUT2D eigenvalue weighted by Gasteiger charge is -2.08. The second-order valence-corrected chi connectivity index (χ2v) is 4.17. The van der Waals surface area contributed by atoms with E-state index < -0.39 is 0 Å². The van der Waals surface area contributed by atoms with Crippen LogP contribution in [0.3, 0.4) is 0 Å². The molecule has 0 amide bonds. The standard InChI is InChI=1S/C12H25N3/c1-5-7-12(6-2)14-10-11(13)8-9-15(3)4/h12H,5-9,13H2,1-4H3. The van der Waals surface area contributed by atoms with Crippen LogP contribution in [0, 0.1) is 0 Å². The van der Waals surface area contributed by atoms with Crippen molar-refractivity contribution in [2.45, 2.75) is 45.6 Å². The second-order valence-electron chi connectivity index (χ2n) is 4.17. The van der Waals surface area contributed by atoms with E-state index in [2.05, 4.69) is 29.6 Å². The zero-order valence-electron chi connectivity index (χ0n) is 10.6. The molecule has 0 aliphatic rings. The summed E-state index contributed by atoms with van der Waals surface area (Å²) in [5, 5.41) is 0. The van der Waals surface area contributed by atoms with Crippen LogP contribution in [-0.4, -0.2) is 37.5 Å². The maximum Gasteiger partial charge on any atom is 0.0717 e. The molecule has 0 radical (unpaired) electrons. The fourth-order valence-electron chi connectivity index (χ4n) is 1.27. The van der Waals surface area contributed by atoms with E-state index in [4.69, 9.17) is 5.73 Å². The fourth-order valence-corrected chi connectivity index (χ4v) is 1.27. The predicted molar refractivity (Wildman–Crippen MR) is 67.3 cm³/mol. The van der Waals surface area contributed by atoms with Crippen LogP contribution in [0.25, 0.3) is 0 Å². The highest BCUT2D eigenvalue weighted by Gasteiger charge is 2.00. The third kappa shape index (κ3) is 8.22. The van der Waals surface area contributed by atoms with Gasteiger partial charge < -0.3 is 10.6 Å². The molecule has 88 valence electrons. The Labute approximate surface area is 94.1 Å². The lowest BCUT2D eigenvalue weighted by molar-refractivity contribution is 0.413. The number of rotatable bonds is 7. The number of nitrogens with zero attached hydrogens (tertiary/aromatic N) is 2. The van der Waals surface area contributed by atoms with E-state index in [9.17, 15) is 0 Å². The molecule has 0 aromatic carbocycles. The lowest BCUT2D eigenvalue weighted by atomic mass is 10.1. The molecule has 3 heteroatoms. The van der Waals surface area contributed by atoms with Gasteiger partial charge in [-0.15, -0.1) is 0 Å². The molecule has 0 bridgehead atoms. The molecule has 0 spiro atoms. The highest BCUT2D eigenvalue weighted by Crippen LogP contribution is 2.04. The molecule has 0 aliphatic heterocycles. The van der Waals surface area contributed by atoms with Crippen LogP contribution in [0.4, 0.5) is 0 Å². The van der Waals surface area contributed by atoms with Gasteiger partial charge in [0.05, 0.1) is 11.7 Å². The van der Waals surface area contributed by atoms with Crippen LogP contribution in [0.5, 0.6) is 0 Å². The summed E-state index contributed by atoms with van der Waals surface area (Å²) < 4.78 is 0. The topological polar surface area (TPSA) is 41.6 Å². The van der Waals surface area contributed by atoms with Gasteiger partial charge in [0, 0.05) is 18.8 Å². The maximum atomic E-state index is 5.81. The van der Waals surface area contributed by atoms with Gasteiger partial charge in [-0.3, -0.25) is 0 Å². The molecule has 0 rings (SSSR count). The van der Waals surface area contributed by atoms with Gasteiger partial charge in [-0.25, -0.2) is 4.99 Å². The highest BCUT2D eigenvalue weighted by molar-refractivity contribution is 5.56. The van der Waals surface area contributed by atoms with Crippen LogP contribution < -0.4 is 5.73 Å². The number of hydrogen-bond donors (Lipinski definition) is 1. The Bertz CT molecular complexity index is 215. The summed E-state index contributed by atoms with van der Waals surface area (Å²) in [5.74, 6) is 2.97. The van der Waals surface area contributed by atoms with Crippen LogP contribution in [0.2, 0.25) is 0 Å². The molecule has 0 aliphatic carbocycles. The molecular formula is C12H25N3. The van der Waals surface area contributed by atoms with Gasteiger partial charge in [-0.05, 0) is 26.9 Å². The van der Waals surface area contributed by atoms with Crippen molar-refractivity contribution in [2.75, 3.05) is 20.6 Å². The second kappa shape index (κ2) is 8.51. The third-order valence-electron chi connectivity index (χ3n) is 2.31. The minimum absolute atomic E-state index is 0.396. The molecule has 1 atom stereocenters. The van der Waals surface area contributed by atoms with Gasteiger partial charge >= 0.3 is 0 Å². The van der Waals surface area contributed by atoms with Crippen LogP contribution in [-0.2, 0) is 0 Å². The van der Waals surface area contributed by atoms with Gasteiger partial charge in [0.2, 0.25) is 0 Å². The van der Waals surface area contributed by atoms with Crippen molar-refractivity contribution in [3.05, 3.63) is 5.70 Å². The normalized spacial score (nSPS) is 12.3. The summed E-state index contributed by atoms with van der Waals surface area (Å²) in [6.45, 7) is 5.29. The quantitative estimate of drug-likeness (QED) is 0.655. The fraction of sp³-hybridized carbons (Fsp3) is 0.833. The van der Waals surface area contributed by atoms with E-state index in [1.54, 1.807) is 0 Å². The number of nitrogens with two attached hydrogens (primary N) is 1. The Morgan fingerprint density at radius 2 is 2.07 bits per heavy atom. The first kappa shape index (κ1) is 14.2. The average molecular weight is 211 g/mol. The van der Waals surface area contributed by atoms with Gasteiger partial charge in [0.1, 0.15) is 0 Å². The monoisotopic (exact) mass is 211 g/mol. The van der Waals surface area contributed by atoms with Gasteiger partial charge in [-0.2, -0.15) is 0 Å². The number of hydrogen-bond acceptors (Lipinski definition) is 3. The zero-order valence-corrected chi connectivity index (χ0v) is 10.6. The number of aliphatic imine (C=N–C) groups is 1. The van der Waals surface area contributed by atoms with E-state index in [1.165, 1.54) is 6.42 Å². The van der Waals surface area contributed by atoms with E-state index in [0.717, 1.165) is 31.5 Å². The summed E-state index contributed by atoms with van der Waals surface area (Å²) in [7, 11) is 4.08. The molecule has 0 saturated heterocycles. The average Bonchev–Trinajstić information content (AvgIpc) is 2.21.